The van der Waals surface area contributed by atoms with Crippen molar-refractivity contribution in [1.29, 1.82) is 0 Å². The molecule has 0 bridgehead atoms. The van der Waals surface area contributed by atoms with Crippen molar-refractivity contribution in [2.45, 2.75) is 17.6 Å². The van der Waals surface area contributed by atoms with Gasteiger partial charge in [-0.3, -0.25) is 4.79 Å². The number of nitrogens with one attached hydrogen (secondary N) is 1. The molecule has 1 aromatic rings. The molecule has 0 spiro atoms. The molecule has 1 amide bonds. The molecule has 2 rings (SSSR count). The van der Waals surface area contributed by atoms with Crippen LogP contribution in [0.25, 0.3) is 0 Å². The number of rotatable bonds is 4. The second-order valence-electron chi connectivity index (χ2n) is 5.53. The summed E-state index contributed by atoms with van der Waals surface area (Å²) in [6.07, 6.45) is -4.94. The Balaban J connectivity index is 2.02. The van der Waals surface area contributed by atoms with Crippen LogP contribution in [-0.2, 0) is 21.4 Å². The van der Waals surface area contributed by atoms with Crippen molar-refractivity contribution in [3.8, 4) is 0 Å². The Morgan fingerprint density at radius 2 is 1.67 bits per heavy atom. The van der Waals surface area contributed by atoms with E-state index in [1.165, 1.54) is 28.6 Å². The highest BCUT2D eigenvalue weighted by molar-refractivity contribution is 7.89. The lowest BCUT2D eigenvalue weighted by atomic mass is 10.2. The van der Waals surface area contributed by atoms with E-state index >= 15 is 0 Å². The Labute approximate surface area is 138 Å². The van der Waals surface area contributed by atoms with Crippen LogP contribution in [0.5, 0.6) is 0 Å². The molecule has 0 unspecified atom stereocenters. The van der Waals surface area contributed by atoms with Crippen LogP contribution in [0.1, 0.15) is 5.56 Å². The molecule has 134 valence electrons. The number of halogens is 3. The molecule has 1 aliphatic heterocycles. The third kappa shape index (κ3) is 4.46. The lowest BCUT2D eigenvalue weighted by Gasteiger charge is -2.31. The van der Waals surface area contributed by atoms with Gasteiger partial charge in [0.05, 0.1) is 4.90 Å². The summed E-state index contributed by atoms with van der Waals surface area (Å²) in [5.74, 6) is -2.03. The Morgan fingerprint density at radius 3 is 2.17 bits per heavy atom. The minimum absolute atomic E-state index is 0.0814. The minimum atomic E-state index is -4.94. The van der Waals surface area contributed by atoms with Crippen molar-refractivity contribution in [3.63, 3.8) is 0 Å². The van der Waals surface area contributed by atoms with Crippen LogP contribution in [0.3, 0.4) is 0 Å². The van der Waals surface area contributed by atoms with Gasteiger partial charge in [0.15, 0.2) is 0 Å². The van der Waals surface area contributed by atoms with Crippen LogP contribution in [0.2, 0.25) is 0 Å². The van der Waals surface area contributed by atoms with Crippen LogP contribution in [0, 0.1) is 0 Å². The Morgan fingerprint density at radius 1 is 1.12 bits per heavy atom. The number of likely N-dealkylation sites (N-methyl/N-ethyl adjacent to an activating group) is 1. The summed E-state index contributed by atoms with van der Waals surface area (Å²) in [4.78, 5) is 12.9. The first-order valence-electron chi connectivity index (χ1n) is 7.23. The number of sulfonamides is 1. The fourth-order valence-corrected chi connectivity index (χ4v) is 3.66. The summed E-state index contributed by atoms with van der Waals surface area (Å²) in [6, 6.07) is 5.45. The highest BCUT2D eigenvalue weighted by Crippen LogP contribution is 2.18. The van der Waals surface area contributed by atoms with Crippen LogP contribution >= 0.6 is 0 Å². The molecule has 1 N–H and O–H groups in total. The van der Waals surface area contributed by atoms with Gasteiger partial charge in [-0.05, 0) is 24.7 Å². The van der Waals surface area contributed by atoms with Crippen LogP contribution in [0.4, 0.5) is 13.2 Å². The predicted octanol–water partition coefficient (Wildman–Crippen LogP) is 0.801. The Kier molecular flexibility index (Phi) is 5.51. The molecule has 1 saturated heterocycles. The third-order valence-corrected chi connectivity index (χ3v) is 5.65. The Hall–Kier alpha value is -1.65. The van der Waals surface area contributed by atoms with Crippen molar-refractivity contribution in [2.24, 2.45) is 0 Å². The highest BCUT2D eigenvalue weighted by Gasteiger charge is 2.38. The van der Waals surface area contributed by atoms with E-state index in [4.69, 9.17) is 0 Å². The minimum Gasteiger partial charge on any atom is -0.344 e. The van der Waals surface area contributed by atoms with E-state index in [0.29, 0.717) is 31.7 Å². The SMILES string of the molecule is CN1CCN(S(=O)(=O)c2ccc(CNC(=O)C(F)(F)F)cc2)CC1. The molecule has 0 aliphatic carbocycles. The molecule has 0 atom stereocenters. The van der Waals surface area contributed by atoms with E-state index in [2.05, 4.69) is 0 Å². The molecule has 1 aliphatic rings. The van der Waals surface area contributed by atoms with Gasteiger partial charge in [-0.25, -0.2) is 8.42 Å². The van der Waals surface area contributed by atoms with E-state index in [0.717, 1.165) is 0 Å². The number of hydrogen-bond acceptors (Lipinski definition) is 4. The molecular weight excluding hydrogens is 347 g/mol. The standard InChI is InChI=1S/C14H18F3N3O3S/c1-19-6-8-20(9-7-19)24(22,23)12-4-2-11(3-5-12)10-18-13(21)14(15,16)17/h2-5H,6-10H2,1H3,(H,18,21). The Bertz CT molecular complexity index is 681. The third-order valence-electron chi connectivity index (χ3n) is 3.73. The maximum Gasteiger partial charge on any atom is 0.471 e. The zero-order valence-electron chi connectivity index (χ0n) is 13.0. The van der Waals surface area contributed by atoms with Crippen LogP contribution in [-0.4, -0.2) is 62.9 Å². The predicted molar refractivity (Wildman–Crippen MR) is 80.6 cm³/mol. The normalized spacial score (nSPS) is 17.7. The number of nitrogens with zero attached hydrogens (tertiary/aromatic N) is 2. The summed E-state index contributed by atoms with van der Waals surface area (Å²) >= 11 is 0. The fourth-order valence-electron chi connectivity index (χ4n) is 2.24. The monoisotopic (exact) mass is 365 g/mol. The van der Waals surface area contributed by atoms with Gasteiger partial charge in [0.2, 0.25) is 10.0 Å². The van der Waals surface area contributed by atoms with E-state index < -0.39 is 22.1 Å². The number of amides is 1. The topological polar surface area (TPSA) is 69.7 Å². The summed E-state index contributed by atoms with van der Waals surface area (Å²) < 4.78 is 62.7. The smallest absolute Gasteiger partial charge is 0.344 e. The highest BCUT2D eigenvalue weighted by atomic mass is 32.2. The molecule has 0 aromatic heterocycles. The van der Waals surface area contributed by atoms with Crippen LogP contribution in [0.15, 0.2) is 29.2 Å². The van der Waals surface area contributed by atoms with Gasteiger partial charge in [-0.1, -0.05) is 12.1 Å². The average Bonchev–Trinajstić information content (AvgIpc) is 2.52. The zero-order chi connectivity index (χ0) is 18.0. The van der Waals surface area contributed by atoms with Crippen LogP contribution < -0.4 is 5.32 Å². The van der Waals surface area contributed by atoms with E-state index in [9.17, 15) is 26.4 Å². The molecule has 1 heterocycles. The number of carbonyl (C=O) groups excluding carboxylic acids is 1. The van der Waals surface area contributed by atoms with Gasteiger partial charge in [-0.2, -0.15) is 17.5 Å². The average molecular weight is 365 g/mol. The van der Waals surface area contributed by atoms with Crippen molar-refractivity contribution >= 4 is 15.9 Å². The zero-order valence-corrected chi connectivity index (χ0v) is 13.8. The first kappa shape index (κ1) is 18.7. The van der Waals surface area contributed by atoms with Crippen molar-refractivity contribution in [1.82, 2.24) is 14.5 Å². The number of benzene rings is 1. The molecule has 0 radical (unpaired) electrons. The van der Waals surface area contributed by atoms with Gasteiger partial charge >= 0.3 is 12.1 Å². The fraction of sp³-hybridized carbons (Fsp3) is 0.500. The van der Waals surface area contributed by atoms with Gasteiger partial charge in [0.25, 0.3) is 0 Å². The van der Waals surface area contributed by atoms with Gasteiger partial charge in [0, 0.05) is 32.7 Å². The summed E-state index contributed by atoms with van der Waals surface area (Å²) in [5, 5.41) is 1.74. The van der Waals surface area contributed by atoms with E-state index in [1.54, 1.807) is 5.32 Å². The van der Waals surface area contributed by atoms with Gasteiger partial charge in [0.1, 0.15) is 0 Å². The number of alkyl halides is 3. The molecular formula is C14H18F3N3O3S. The molecule has 1 aromatic carbocycles. The lowest BCUT2D eigenvalue weighted by Crippen LogP contribution is -2.47. The summed E-state index contributed by atoms with van der Waals surface area (Å²) in [6.45, 7) is 1.74. The molecule has 24 heavy (non-hydrogen) atoms. The molecule has 10 heteroatoms. The second kappa shape index (κ2) is 7.08. The van der Waals surface area contributed by atoms with Gasteiger partial charge in [-0.15, -0.1) is 0 Å². The maximum absolute atomic E-state index is 12.5. The second-order valence-corrected chi connectivity index (χ2v) is 7.47. The molecule has 0 saturated carbocycles. The lowest BCUT2D eigenvalue weighted by molar-refractivity contribution is -0.173. The first-order valence-corrected chi connectivity index (χ1v) is 8.67. The summed E-state index contributed by atoms with van der Waals surface area (Å²) in [7, 11) is -1.71. The number of carbonyl (C=O) groups is 1. The van der Waals surface area contributed by atoms with E-state index in [-0.39, 0.29) is 11.4 Å². The summed E-state index contributed by atoms with van der Waals surface area (Å²) in [5.41, 5.74) is 0.380. The number of hydrogen-bond donors (Lipinski definition) is 1. The maximum atomic E-state index is 12.5. The van der Waals surface area contributed by atoms with Gasteiger partial charge < -0.3 is 10.2 Å². The van der Waals surface area contributed by atoms with Crippen molar-refractivity contribution < 1.29 is 26.4 Å². The molecule has 1 fully saturated rings. The largest absolute Gasteiger partial charge is 0.471 e. The van der Waals surface area contributed by atoms with Crippen molar-refractivity contribution in [3.05, 3.63) is 29.8 Å². The van der Waals surface area contributed by atoms with E-state index in [1.807, 2.05) is 11.9 Å². The first-order chi connectivity index (χ1) is 11.1. The molecule has 6 nitrogen and oxygen atoms in total. The quantitative estimate of drug-likeness (QED) is 0.857. The van der Waals surface area contributed by atoms with Crippen molar-refractivity contribution in [2.75, 3.05) is 33.2 Å². The number of piperazine rings is 1.